The molecule has 3 rings (SSSR count). The van der Waals surface area contributed by atoms with Crippen LogP contribution in [-0.2, 0) is 4.74 Å². The number of nitrogens with two attached hydrogens (primary N) is 1. The van der Waals surface area contributed by atoms with Gasteiger partial charge >= 0.3 is 0 Å². The first-order valence-electron chi connectivity index (χ1n) is 7.45. The number of rotatable bonds is 2. The van der Waals surface area contributed by atoms with Crippen molar-refractivity contribution in [3.05, 3.63) is 24.3 Å². The van der Waals surface area contributed by atoms with E-state index in [1.165, 1.54) is 32.1 Å². The van der Waals surface area contributed by atoms with Crippen LogP contribution in [0.15, 0.2) is 18.6 Å². The highest BCUT2D eigenvalue weighted by Gasteiger charge is 2.40. The Kier molecular flexibility index (Phi) is 3.80. The molecule has 1 saturated heterocycles. The average molecular weight is 261 g/mol. The predicted molar refractivity (Wildman–Crippen MR) is 73.5 cm³/mol. The summed E-state index contributed by atoms with van der Waals surface area (Å²) in [6, 6.07) is 1.96. The highest BCUT2D eigenvalue weighted by molar-refractivity contribution is 5.07. The number of hydrogen-bond acceptors (Lipinski definition) is 4. The normalized spacial score (nSPS) is 28.2. The second kappa shape index (κ2) is 5.55. The van der Waals surface area contributed by atoms with Gasteiger partial charge in [0.15, 0.2) is 0 Å². The average Bonchev–Trinajstić information content (AvgIpc) is 2.48. The third kappa shape index (κ3) is 2.79. The van der Waals surface area contributed by atoms with E-state index in [0.29, 0.717) is 5.92 Å². The fourth-order valence-corrected chi connectivity index (χ4v) is 3.66. The summed E-state index contributed by atoms with van der Waals surface area (Å²) in [4.78, 5) is 8.28. The molecule has 1 aliphatic heterocycles. The van der Waals surface area contributed by atoms with Crippen LogP contribution >= 0.6 is 0 Å². The largest absolute Gasteiger partial charge is 0.375 e. The molecular weight excluding hydrogens is 238 g/mol. The fourth-order valence-electron chi connectivity index (χ4n) is 3.66. The van der Waals surface area contributed by atoms with Crippen molar-refractivity contribution in [1.82, 2.24) is 9.97 Å². The molecule has 1 spiro atoms. The number of nitrogens with zero attached hydrogens (tertiary/aromatic N) is 2. The lowest BCUT2D eigenvalue weighted by atomic mass is 9.74. The standard InChI is InChI=1S/C15H23N3O/c16-14(13-4-8-17-11-18-13)12-5-9-19-15(10-12)6-2-1-3-7-15/h4,8,11-12,14H,1-3,5-7,9-10,16H2. The van der Waals surface area contributed by atoms with E-state index in [4.69, 9.17) is 10.5 Å². The van der Waals surface area contributed by atoms with Crippen LogP contribution in [0.5, 0.6) is 0 Å². The van der Waals surface area contributed by atoms with Crippen LogP contribution in [0.3, 0.4) is 0 Å². The lowest BCUT2D eigenvalue weighted by Gasteiger charge is -2.44. The third-order valence-electron chi connectivity index (χ3n) is 4.75. The fraction of sp³-hybridized carbons (Fsp3) is 0.733. The maximum Gasteiger partial charge on any atom is 0.115 e. The van der Waals surface area contributed by atoms with E-state index in [9.17, 15) is 0 Å². The van der Waals surface area contributed by atoms with Crippen LogP contribution in [0.4, 0.5) is 0 Å². The summed E-state index contributed by atoms with van der Waals surface area (Å²) >= 11 is 0. The van der Waals surface area contributed by atoms with Gasteiger partial charge in [-0.15, -0.1) is 0 Å². The van der Waals surface area contributed by atoms with Crippen LogP contribution in [0.25, 0.3) is 0 Å². The monoisotopic (exact) mass is 261 g/mol. The van der Waals surface area contributed by atoms with Gasteiger partial charge in [-0.25, -0.2) is 9.97 Å². The second-order valence-electron chi connectivity index (χ2n) is 6.01. The minimum atomic E-state index is 0.0192. The molecule has 0 radical (unpaired) electrons. The molecule has 1 saturated carbocycles. The second-order valence-corrected chi connectivity index (χ2v) is 6.01. The first-order chi connectivity index (χ1) is 9.29. The van der Waals surface area contributed by atoms with E-state index in [2.05, 4.69) is 9.97 Å². The van der Waals surface area contributed by atoms with E-state index in [0.717, 1.165) is 25.1 Å². The van der Waals surface area contributed by atoms with Crippen LogP contribution in [-0.4, -0.2) is 22.2 Å². The molecule has 0 aromatic carbocycles. The zero-order chi connectivity index (χ0) is 13.1. The minimum Gasteiger partial charge on any atom is -0.375 e. The summed E-state index contributed by atoms with van der Waals surface area (Å²) in [5.74, 6) is 0.488. The lowest BCUT2D eigenvalue weighted by Crippen LogP contribution is -2.44. The molecule has 2 heterocycles. The molecule has 1 aromatic rings. The molecule has 2 N–H and O–H groups in total. The Morgan fingerprint density at radius 1 is 1.32 bits per heavy atom. The minimum absolute atomic E-state index is 0.0192. The molecule has 1 aliphatic carbocycles. The maximum absolute atomic E-state index is 6.41. The summed E-state index contributed by atoms with van der Waals surface area (Å²) in [6.45, 7) is 0.851. The van der Waals surface area contributed by atoms with Gasteiger partial charge in [-0.3, -0.25) is 0 Å². The van der Waals surface area contributed by atoms with Crippen LogP contribution in [0.2, 0.25) is 0 Å². The first kappa shape index (κ1) is 13.0. The Labute approximate surface area is 114 Å². The molecule has 2 aliphatic rings. The van der Waals surface area contributed by atoms with Gasteiger partial charge in [0.05, 0.1) is 17.3 Å². The zero-order valence-corrected chi connectivity index (χ0v) is 11.4. The molecule has 2 unspecified atom stereocenters. The van der Waals surface area contributed by atoms with Gasteiger partial charge in [-0.2, -0.15) is 0 Å². The Morgan fingerprint density at radius 3 is 2.89 bits per heavy atom. The van der Waals surface area contributed by atoms with Gasteiger partial charge in [-0.1, -0.05) is 19.3 Å². The molecule has 19 heavy (non-hydrogen) atoms. The maximum atomic E-state index is 6.41. The Bertz CT molecular complexity index is 398. The molecule has 104 valence electrons. The smallest absolute Gasteiger partial charge is 0.115 e. The Balaban J connectivity index is 1.71. The Morgan fingerprint density at radius 2 is 2.16 bits per heavy atom. The number of ether oxygens (including phenoxy) is 1. The van der Waals surface area contributed by atoms with Gasteiger partial charge in [-0.05, 0) is 37.7 Å². The lowest BCUT2D eigenvalue weighted by molar-refractivity contribution is -0.120. The zero-order valence-electron chi connectivity index (χ0n) is 11.4. The van der Waals surface area contributed by atoms with Crippen molar-refractivity contribution in [2.45, 2.75) is 56.6 Å². The van der Waals surface area contributed by atoms with Gasteiger partial charge in [0.1, 0.15) is 6.33 Å². The van der Waals surface area contributed by atoms with Crippen LogP contribution in [0.1, 0.15) is 56.7 Å². The van der Waals surface area contributed by atoms with E-state index in [1.807, 2.05) is 6.07 Å². The van der Waals surface area contributed by atoms with Gasteiger partial charge in [0.2, 0.25) is 0 Å². The van der Waals surface area contributed by atoms with Crippen molar-refractivity contribution in [3.63, 3.8) is 0 Å². The molecule has 0 bridgehead atoms. The summed E-state index contributed by atoms with van der Waals surface area (Å²) in [5, 5.41) is 0. The van der Waals surface area contributed by atoms with Crippen LogP contribution in [0, 0.1) is 5.92 Å². The van der Waals surface area contributed by atoms with Crippen molar-refractivity contribution in [1.29, 1.82) is 0 Å². The molecule has 4 heteroatoms. The summed E-state index contributed by atoms with van der Waals surface area (Å²) in [6.07, 6.45) is 11.9. The quantitative estimate of drug-likeness (QED) is 0.889. The van der Waals surface area contributed by atoms with E-state index < -0.39 is 0 Å². The van der Waals surface area contributed by atoms with Crippen LogP contribution < -0.4 is 5.73 Å². The van der Waals surface area contributed by atoms with Crippen molar-refractivity contribution < 1.29 is 4.74 Å². The SMILES string of the molecule is NC(c1ccncn1)C1CCOC2(CCCCC2)C1. The molecule has 0 amide bonds. The molecule has 2 atom stereocenters. The Hall–Kier alpha value is -1.00. The topological polar surface area (TPSA) is 61.0 Å². The number of hydrogen-bond donors (Lipinski definition) is 1. The molecule has 1 aromatic heterocycles. The van der Waals surface area contributed by atoms with E-state index >= 15 is 0 Å². The van der Waals surface area contributed by atoms with Gasteiger partial charge in [0, 0.05) is 12.8 Å². The predicted octanol–water partition coefficient (Wildman–Crippen LogP) is 2.61. The molecular formula is C15H23N3O. The third-order valence-corrected chi connectivity index (χ3v) is 4.75. The summed E-state index contributed by atoms with van der Waals surface area (Å²) in [5.41, 5.74) is 7.50. The van der Waals surface area contributed by atoms with E-state index in [-0.39, 0.29) is 11.6 Å². The molecule has 4 nitrogen and oxygen atoms in total. The highest BCUT2D eigenvalue weighted by Crippen LogP contribution is 2.43. The summed E-state index contributed by atoms with van der Waals surface area (Å²) < 4.78 is 6.13. The van der Waals surface area contributed by atoms with Crippen molar-refractivity contribution in [3.8, 4) is 0 Å². The van der Waals surface area contributed by atoms with Crippen molar-refractivity contribution >= 4 is 0 Å². The number of aromatic nitrogens is 2. The van der Waals surface area contributed by atoms with Gasteiger partial charge < -0.3 is 10.5 Å². The van der Waals surface area contributed by atoms with Crippen molar-refractivity contribution in [2.24, 2.45) is 11.7 Å². The summed E-state index contributed by atoms with van der Waals surface area (Å²) in [7, 11) is 0. The molecule has 2 fully saturated rings. The highest BCUT2D eigenvalue weighted by atomic mass is 16.5. The van der Waals surface area contributed by atoms with Gasteiger partial charge in [0.25, 0.3) is 0 Å². The van der Waals surface area contributed by atoms with Crippen molar-refractivity contribution in [2.75, 3.05) is 6.61 Å². The van der Waals surface area contributed by atoms with E-state index in [1.54, 1.807) is 12.5 Å². The first-order valence-corrected chi connectivity index (χ1v) is 7.45.